The van der Waals surface area contributed by atoms with Gasteiger partial charge in [-0.05, 0) is 39.3 Å². The van der Waals surface area contributed by atoms with Gasteiger partial charge in [0.15, 0.2) is 0 Å². The minimum Gasteiger partial charge on any atom is -0.313 e. The molecule has 0 aromatic rings. The third-order valence-corrected chi connectivity index (χ3v) is 2.98. The Balaban J connectivity index is 1.98. The van der Waals surface area contributed by atoms with E-state index in [4.69, 9.17) is 0 Å². The molecule has 0 saturated carbocycles. The minimum atomic E-state index is 0.685. The summed E-state index contributed by atoms with van der Waals surface area (Å²) in [6.07, 6.45) is 5.49. The van der Waals surface area contributed by atoms with Crippen LogP contribution >= 0.6 is 0 Å². The Morgan fingerprint density at radius 3 is 2.54 bits per heavy atom. The van der Waals surface area contributed by atoms with Gasteiger partial charge in [0.2, 0.25) is 0 Å². The zero-order valence-corrected chi connectivity index (χ0v) is 9.18. The van der Waals surface area contributed by atoms with Crippen LogP contribution in [0.25, 0.3) is 0 Å². The van der Waals surface area contributed by atoms with Crippen molar-refractivity contribution in [3.63, 3.8) is 0 Å². The predicted molar refractivity (Wildman–Crippen MR) is 58.0 cm³/mol. The third kappa shape index (κ3) is 4.63. The van der Waals surface area contributed by atoms with E-state index in [0.29, 0.717) is 6.04 Å². The fraction of sp³-hybridized carbons (Fsp3) is 1.00. The molecule has 13 heavy (non-hydrogen) atoms. The van der Waals surface area contributed by atoms with Crippen LogP contribution in [0.15, 0.2) is 0 Å². The maximum Gasteiger partial charge on any atom is 0.0107 e. The average Bonchev–Trinajstić information content (AvgIpc) is 2.19. The van der Waals surface area contributed by atoms with E-state index in [-0.39, 0.29) is 0 Å². The lowest BCUT2D eigenvalue weighted by molar-refractivity contribution is 0.226. The molecule has 1 rings (SSSR count). The number of hydrogen-bond acceptors (Lipinski definition) is 2. The van der Waals surface area contributed by atoms with Crippen molar-refractivity contribution < 1.29 is 0 Å². The molecule has 0 radical (unpaired) electrons. The van der Waals surface area contributed by atoms with Crippen molar-refractivity contribution in [3.05, 3.63) is 0 Å². The molecule has 1 aliphatic rings. The van der Waals surface area contributed by atoms with Crippen molar-refractivity contribution in [1.82, 2.24) is 10.2 Å². The Kier molecular flexibility index (Phi) is 5.40. The summed E-state index contributed by atoms with van der Waals surface area (Å²) in [5.41, 5.74) is 0. The fourth-order valence-electron chi connectivity index (χ4n) is 1.80. The highest BCUT2D eigenvalue weighted by Gasteiger charge is 2.09. The van der Waals surface area contributed by atoms with Crippen molar-refractivity contribution in [2.24, 2.45) is 0 Å². The molecule has 0 unspecified atom stereocenters. The number of hydrogen-bond donors (Lipinski definition) is 1. The molecule has 0 aromatic heterocycles. The van der Waals surface area contributed by atoms with E-state index in [1.807, 2.05) is 0 Å². The predicted octanol–water partition coefficient (Wildman–Crippen LogP) is 1.86. The smallest absolute Gasteiger partial charge is 0.0107 e. The third-order valence-electron chi connectivity index (χ3n) is 2.98. The molecule has 2 nitrogen and oxygen atoms in total. The molecule has 1 atom stereocenters. The highest BCUT2D eigenvalue weighted by Crippen LogP contribution is 2.07. The Morgan fingerprint density at radius 2 is 1.92 bits per heavy atom. The number of rotatable bonds is 5. The van der Waals surface area contributed by atoms with Gasteiger partial charge in [-0.25, -0.2) is 0 Å². The monoisotopic (exact) mass is 184 g/mol. The molecule has 0 aromatic carbocycles. The Morgan fingerprint density at radius 1 is 1.23 bits per heavy atom. The number of nitrogens with one attached hydrogen (secondary N) is 1. The molecule has 0 bridgehead atoms. The lowest BCUT2D eigenvalue weighted by Gasteiger charge is -2.26. The van der Waals surface area contributed by atoms with Crippen LogP contribution in [-0.2, 0) is 0 Å². The summed E-state index contributed by atoms with van der Waals surface area (Å²) in [6.45, 7) is 9.54. The first kappa shape index (κ1) is 11.0. The summed E-state index contributed by atoms with van der Waals surface area (Å²) in [7, 11) is 0. The topological polar surface area (TPSA) is 15.3 Å². The van der Waals surface area contributed by atoms with E-state index in [1.165, 1.54) is 45.3 Å². The highest BCUT2D eigenvalue weighted by molar-refractivity contribution is 4.66. The molecule has 2 heteroatoms. The van der Waals surface area contributed by atoms with E-state index >= 15 is 0 Å². The second-order valence-electron chi connectivity index (χ2n) is 4.17. The molecular formula is C11H24N2. The van der Waals surface area contributed by atoms with Gasteiger partial charge >= 0.3 is 0 Å². The maximum absolute atomic E-state index is 3.54. The first-order valence-corrected chi connectivity index (χ1v) is 5.78. The average molecular weight is 184 g/mol. The van der Waals surface area contributed by atoms with Crippen LogP contribution in [0.4, 0.5) is 0 Å². The zero-order valence-electron chi connectivity index (χ0n) is 9.18. The summed E-state index contributed by atoms with van der Waals surface area (Å²) in [5, 5.41) is 3.54. The van der Waals surface area contributed by atoms with E-state index in [2.05, 4.69) is 24.1 Å². The van der Waals surface area contributed by atoms with Gasteiger partial charge in [-0.15, -0.1) is 0 Å². The number of nitrogens with zero attached hydrogens (tertiary/aromatic N) is 1. The Hall–Kier alpha value is -0.0800. The molecule has 78 valence electrons. The van der Waals surface area contributed by atoms with E-state index in [9.17, 15) is 0 Å². The van der Waals surface area contributed by atoms with Crippen molar-refractivity contribution in [2.45, 2.75) is 45.6 Å². The van der Waals surface area contributed by atoms with Crippen LogP contribution in [-0.4, -0.2) is 37.1 Å². The van der Waals surface area contributed by atoms with Gasteiger partial charge in [0, 0.05) is 19.1 Å². The first-order valence-electron chi connectivity index (χ1n) is 5.78. The molecule has 0 spiro atoms. The summed E-state index contributed by atoms with van der Waals surface area (Å²) < 4.78 is 0. The van der Waals surface area contributed by atoms with Crippen molar-refractivity contribution in [1.29, 1.82) is 0 Å². The van der Waals surface area contributed by atoms with Gasteiger partial charge in [-0.2, -0.15) is 0 Å². The molecule has 1 heterocycles. The SMILES string of the molecule is CC[C@H](C)NCCN1CCCCC1. The van der Waals surface area contributed by atoms with Crippen molar-refractivity contribution >= 4 is 0 Å². The number of likely N-dealkylation sites (tertiary alicyclic amines) is 1. The highest BCUT2D eigenvalue weighted by atomic mass is 15.1. The molecule has 1 aliphatic heterocycles. The maximum atomic E-state index is 3.54. The normalized spacial score (nSPS) is 21.7. The van der Waals surface area contributed by atoms with Crippen molar-refractivity contribution in [3.8, 4) is 0 Å². The molecule has 0 aliphatic carbocycles. The van der Waals surface area contributed by atoms with E-state index in [0.717, 1.165) is 6.54 Å². The zero-order chi connectivity index (χ0) is 9.52. The summed E-state index contributed by atoms with van der Waals surface area (Å²) in [5.74, 6) is 0. The van der Waals surface area contributed by atoms with Crippen LogP contribution in [0.1, 0.15) is 39.5 Å². The first-order chi connectivity index (χ1) is 6.33. The van der Waals surface area contributed by atoms with Crippen molar-refractivity contribution in [2.75, 3.05) is 26.2 Å². The second-order valence-corrected chi connectivity index (χ2v) is 4.17. The number of piperidine rings is 1. The van der Waals surface area contributed by atoms with Crippen LogP contribution in [0.3, 0.4) is 0 Å². The van der Waals surface area contributed by atoms with E-state index in [1.54, 1.807) is 0 Å². The van der Waals surface area contributed by atoms with Gasteiger partial charge in [-0.3, -0.25) is 0 Å². The largest absolute Gasteiger partial charge is 0.313 e. The minimum absolute atomic E-state index is 0.685. The van der Waals surface area contributed by atoms with Gasteiger partial charge in [0.25, 0.3) is 0 Å². The fourth-order valence-corrected chi connectivity index (χ4v) is 1.80. The lowest BCUT2D eigenvalue weighted by Crippen LogP contribution is -2.38. The van der Waals surface area contributed by atoms with Crippen LogP contribution < -0.4 is 5.32 Å². The van der Waals surface area contributed by atoms with Gasteiger partial charge < -0.3 is 10.2 Å². The summed E-state index contributed by atoms with van der Waals surface area (Å²) >= 11 is 0. The van der Waals surface area contributed by atoms with Gasteiger partial charge in [-0.1, -0.05) is 13.3 Å². The molecule has 1 fully saturated rings. The molecular weight excluding hydrogens is 160 g/mol. The Labute approximate surface area is 82.7 Å². The van der Waals surface area contributed by atoms with Gasteiger partial charge in [0.1, 0.15) is 0 Å². The summed E-state index contributed by atoms with van der Waals surface area (Å²) in [6, 6.07) is 0.685. The Bertz CT molecular complexity index is 119. The lowest BCUT2D eigenvalue weighted by atomic mass is 10.1. The van der Waals surface area contributed by atoms with Crippen LogP contribution in [0, 0.1) is 0 Å². The molecule has 0 amide bonds. The van der Waals surface area contributed by atoms with Gasteiger partial charge in [0.05, 0.1) is 0 Å². The molecule has 1 saturated heterocycles. The van der Waals surface area contributed by atoms with Crippen LogP contribution in [0.5, 0.6) is 0 Å². The standard InChI is InChI=1S/C11H24N2/c1-3-11(2)12-7-10-13-8-5-4-6-9-13/h11-12H,3-10H2,1-2H3/t11-/m0/s1. The molecule has 1 N–H and O–H groups in total. The van der Waals surface area contributed by atoms with Crippen LogP contribution in [0.2, 0.25) is 0 Å². The second kappa shape index (κ2) is 6.39. The summed E-state index contributed by atoms with van der Waals surface area (Å²) in [4.78, 5) is 2.58. The van der Waals surface area contributed by atoms with E-state index < -0.39 is 0 Å². The quantitative estimate of drug-likeness (QED) is 0.701.